The number of benzene rings is 2. The second-order valence-corrected chi connectivity index (χ2v) is 7.60. The Morgan fingerprint density at radius 3 is 2.71 bits per heavy atom. The van der Waals surface area contributed by atoms with Crippen LogP contribution in [0, 0.1) is 6.92 Å². The van der Waals surface area contributed by atoms with Crippen LogP contribution in [0.15, 0.2) is 42.5 Å². The van der Waals surface area contributed by atoms with Crippen molar-refractivity contribution in [3.63, 3.8) is 0 Å². The van der Waals surface area contributed by atoms with Crippen molar-refractivity contribution >= 4 is 22.5 Å². The van der Waals surface area contributed by atoms with E-state index in [1.165, 1.54) is 6.42 Å². The molecule has 0 spiro atoms. The Morgan fingerprint density at radius 2 is 1.96 bits per heavy atom. The summed E-state index contributed by atoms with van der Waals surface area (Å²) in [4.78, 5) is 14.3. The van der Waals surface area contributed by atoms with Gasteiger partial charge in [-0.05, 0) is 39.4 Å². The van der Waals surface area contributed by atoms with Gasteiger partial charge in [0.05, 0.1) is 0 Å². The molecule has 1 fully saturated rings. The lowest BCUT2D eigenvalue weighted by molar-refractivity contribution is 0.100. The van der Waals surface area contributed by atoms with E-state index < -0.39 is 5.91 Å². The normalized spacial score (nSPS) is 17.6. The molecule has 1 aliphatic heterocycles. The number of anilines is 1. The Morgan fingerprint density at radius 1 is 1.18 bits per heavy atom. The van der Waals surface area contributed by atoms with Crippen LogP contribution in [0.5, 0.6) is 0 Å². The maximum Gasteiger partial charge on any atom is 0.249 e. The van der Waals surface area contributed by atoms with Gasteiger partial charge >= 0.3 is 0 Å². The van der Waals surface area contributed by atoms with Crippen LogP contribution in [0.2, 0.25) is 0 Å². The van der Waals surface area contributed by atoms with Crippen LogP contribution in [0.25, 0.3) is 22.0 Å². The van der Waals surface area contributed by atoms with E-state index in [9.17, 15) is 4.79 Å². The Bertz CT molecular complexity index is 1030. The fourth-order valence-corrected chi connectivity index (χ4v) is 3.96. The van der Waals surface area contributed by atoms with Gasteiger partial charge in [-0.15, -0.1) is 10.2 Å². The van der Waals surface area contributed by atoms with E-state index in [0.29, 0.717) is 22.9 Å². The fourth-order valence-electron chi connectivity index (χ4n) is 3.96. The van der Waals surface area contributed by atoms with Crippen molar-refractivity contribution in [2.75, 3.05) is 25.5 Å². The van der Waals surface area contributed by atoms with Crippen LogP contribution in [0.4, 0.5) is 5.82 Å². The summed E-state index contributed by atoms with van der Waals surface area (Å²) in [5, 5.41) is 14.5. The van der Waals surface area contributed by atoms with E-state index in [0.717, 1.165) is 41.7 Å². The molecule has 1 aromatic heterocycles. The quantitative estimate of drug-likeness (QED) is 0.731. The lowest BCUT2D eigenvalue weighted by Gasteiger charge is -2.30. The zero-order valence-corrected chi connectivity index (χ0v) is 16.3. The number of likely N-dealkylation sites (tertiary alicyclic amines) is 1. The molecular weight excluding hydrogens is 350 g/mol. The molecule has 1 saturated heterocycles. The molecule has 6 heteroatoms. The second kappa shape index (κ2) is 7.56. The van der Waals surface area contributed by atoms with Crippen molar-refractivity contribution < 1.29 is 4.79 Å². The number of rotatable bonds is 4. The molecule has 1 atom stereocenters. The Hall–Kier alpha value is -2.99. The predicted octanol–water partition coefficient (Wildman–Crippen LogP) is 3.21. The summed E-state index contributed by atoms with van der Waals surface area (Å²) >= 11 is 0. The zero-order valence-electron chi connectivity index (χ0n) is 16.3. The minimum absolute atomic E-state index is 0.350. The van der Waals surface area contributed by atoms with Gasteiger partial charge in [0.25, 0.3) is 0 Å². The summed E-state index contributed by atoms with van der Waals surface area (Å²) in [7, 11) is 2.14. The lowest BCUT2D eigenvalue weighted by atomic mass is 9.97. The third-order valence-corrected chi connectivity index (χ3v) is 5.35. The van der Waals surface area contributed by atoms with Crippen molar-refractivity contribution in [1.82, 2.24) is 15.1 Å². The monoisotopic (exact) mass is 375 g/mol. The van der Waals surface area contributed by atoms with Crippen molar-refractivity contribution in [2.45, 2.75) is 25.8 Å². The highest BCUT2D eigenvalue weighted by molar-refractivity contribution is 6.06. The van der Waals surface area contributed by atoms with Crippen molar-refractivity contribution in [3.05, 3.63) is 53.6 Å². The maximum absolute atomic E-state index is 12.0. The van der Waals surface area contributed by atoms with Gasteiger partial charge in [-0.3, -0.25) is 4.79 Å². The molecule has 3 N–H and O–H groups in total. The van der Waals surface area contributed by atoms with Gasteiger partial charge in [0.2, 0.25) is 5.91 Å². The molecule has 0 radical (unpaired) electrons. The number of nitrogens with zero attached hydrogens (tertiary/aromatic N) is 3. The summed E-state index contributed by atoms with van der Waals surface area (Å²) in [6.45, 7) is 4.06. The van der Waals surface area contributed by atoms with Gasteiger partial charge in [-0.25, -0.2) is 0 Å². The van der Waals surface area contributed by atoms with Gasteiger partial charge in [-0.2, -0.15) is 0 Å². The summed E-state index contributed by atoms with van der Waals surface area (Å²) in [5.74, 6) is 0.324. The SMILES string of the molecule is Cc1ccc(-c2nnc(N[C@@H]3CCCN(C)C3)c3ccccc23)c(C(N)=O)c1. The van der Waals surface area contributed by atoms with Gasteiger partial charge in [0.15, 0.2) is 5.82 Å². The first-order chi connectivity index (χ1) is 13.5. The van der Waals surface area contributed by atoms with E-state index in [1.807, 2.05) is 43.3 Å². The van der Waals surface area contributed by atoms with E-state index >= 15 is 0 Å². The number of hydrogen-bond acceptors (Lipinski definition) is 5. The number of nitrogens with two attached hydrogens (primary N) is 1. The molecule has 3 aromatic rings. The van der Waals surface area contributed by atoms with Crippen LogP contribution in [-0.4, -0.2) is 47.2 Å². The van der Waals surface area contributed by atoms with Crippen molar-refractivity contribution in [1.29, 1.82) is 0 Å². The molecule has 0 unspecified atom stereocenters. The molecule has 1 amide bonds. The summed E-state index contributed by atoms with van der Waals surface area (Å²) < 4.78 is 0. The van der Waals surface area contributed by atoms with Gasteiger partial charge in [0, 0.05) is 34.5 Å². The van der Waals surface area contributed by atoms with E-state index in [2.05, 4.69) is 27.5 Å². The first kappa shape index (κ1) is 18.4. The second-order valence-electron chi connectivity index (χ2n) is 7.60. The first-order valence-electron chi connectivity index (χ1n) is 9.64. The molecule has 2 heterocycles. The Kier molecular flexibility index (Phi) is 4.96. The number of nitrogens with one attached hydrogen (secondary N) is 1. The summed E-state index contributed by atoms with van der Waals surface area (Å²) in [5.41, 5.74) is 8.47. The molecule has 0 saturated carbocycles. The van der Waals surface area contributed by atoms with E-state index in [4.69, 9.17) is 5.73 Å². The van der Waals surface area contributed by atoms with Crippen molar-refractivity contribution in [3.8, 4) is 11.3 Å². The number of fused-ring (bicyclic) bond motifs is 1. The molecule has 1 aliphatic rings. The summed E-state index contributed by atoms with van der Waals surface area (Å²) in [6, 6.07) is 14.0. The highest BCUT2D eigenvalue weighted by atomic mass is 16.1. The average molecular weight is 375 g/mol. The molecule has 6 nitrogen and oxygen atoms in total. The molecule has 0 aliphatic carbocycles. The molecule has 0 bridgehead atoms. The van der Waals surface area contributed by atoms with E-state index in [-0.39, 0.29) is 0 Å². The average Bonchev–Trinajstić information content (AvgIpc) is 2.68. The molecule has 4 rings (SSSR count). The first-order valence-corrected chi connectivity index (χ1v) is 9.64. The Balaban J connectivity index is 1.80. The number of primary amides is 1. The van der Waals surface area contributed by atoms with Crippen LogP contribution >= 0.6 is 0 Å². The standard InChI is InChI=1S/C22H25N5O/c1-14-9-10-17(19(12-14)21(23)28)20-16-7-3-4-8-18(16)22(26-25-20)24-15-6-5-11-27(2)13-15/h3-4,7-10,12,15H,5-6,11,13H2,1-2H3,(H2,23,28)(H,24,26)/t15-/m1/s1. The number of piperidine rings is 1. The largest absolute Gasteiger partial charge is 0.366 e. The molecule has 144 valence electrons. The predicted molar refractivity (Wildman–Crippen MR) is 112 cm³/mol. The minimum atomic E-state index is -0.461. The van der Waals surface area contributed by atoms with Crippen LogP contribution in [0.3, 0.4) is 0 Å². The Labute approximate surface area is 164 Å². The molecular formula is C22H25N5O. The maximum atomic E-state index is 12.0. The van der Waals surface area contributed by atoms with Crippen LogP contribution in [0.1, 0.15) is 28.8 Å². The number of aryl methyl sites for hydroxylation is 1. The number of carbonyl (C=O) groups excluding carboxylic acids is 1. The molecule has 28 heavy (non-hydrogen) atoms. The minimum Gasteiger partial charge on any atom is -0.366 e. The van der Waals surface area contributed by atoms with Gasteiger partial charge in [0.1, 0.15) is 5.69 Å². The van der Waals surface area contributed by atoms with Crippen LogP contribution < -0.4 is 11.1 Å². The fraction of sp³-hybridized carbons (Fsp3) is 0.318. The van der Waals surface area contributed by atoms with Crippen LogP contribution in [-0.2, 0) is 0 Å². The van der Waals surface area contributed by atoms with Gasteiger partial charge < -0.3 is 16.0 Å². The number of hydrogen-bond donors (Lipinski definition) is 2. The third kappa shape index (κ3) is 3.55. The van der Waals surface area contributed by atoms with Gasteiger partial charge in [-0.1, -0.05) is 42.0 Å². The van der Waals surface area contributed by atoms with Crippen molar-refractivity contribution in [2.24, 2.45) is 5.73 Å². The number of aromatic nitrogens is 2. The highest BCUT2D eigenvalue weighted by Gasteiger charge is 2.20. The lowest BCUT2D eigenvalue weighted by Crippen LogP contribution is -2.40. The molecule has 2 aromatic carbocycles. The number of carbonyl (C=O) groups is 1. The number of likely N-dealkylation sites (N-methyl/N-ethyl adjacent to an activating group) is 1. The van der Waals surface area contributed by atoms with E-state index in [1.54, 1.807) is 6.07 Å². The highest BCUT2D eigenvalue weighted by Crippen LogP contribution is 2.32. The summed E-state index contributed by atoms with van der Waals surface area (Å²) in [6.07, 6.45) is 2.29. The third-order valence-electron chi connectivity index (χ3n) is 5.35. The number of amides is 1. The smallest absolute Gasteiger partial charge is 0.249 e. The topological polar surface area (TPSA) is 84.1 Å². The zero-order chi connectivity index (χ0) is 19.7.